The van der Waals surface area contributed by atoms with Gasteiger partial charge >= 0.3 is 0 Å². The van der Waals surface area contributed by atoms with Gasteiger partial charge in [-0.3, -0.25) is 14.3 Å². The van der Waals surface area contributed by atoms with Crippen LogP contribution >= 0.6 is 11.8 Å². The van der Waals surface area contributed by atoms with Crippen LogP contribution in [0.15, 0.2) is 47.4 Å². The van der Waals surface area contributed by atoms with Gasteiger partial charge in [-0.15, -0.1) is 0 Å². The number of benzene rings is 2. The molecule has 2 aromatic carbocycles. The second-order valence-corrected chi connectivity index (χ2v) is 10.4. The molecule has 0 fully saturated rings. The van der Waals surface area contributed by atoms with Gasteiger partial charge in [-0.05, 0) is 74.7 Å². The molecule has 0 unspecified atom stereocenters. The maximum atomic E-state index is 12.8. The Morgan fingerprint density at radius 2 is 1.83 bits per heavy atom. The summed E-state index contributed by atoms with van der Waals surface area (Å²) in [5.74, 6) is 0.595. The van der Waals surface area contributed by atoms with Gasteiger partial charge in [0.25, 0.3) is 10.0 Å². The predicted octanol–water partition coefficient (Wildman–Crippen LogP) is 4.05. The Kier molecular flexibility index (Phi) is 6.05. The van der Waals surface area contributed by atoms with Crippen LogP contribution in [0.2, 0.25) is 0 Å². The highest BCUT2D eigenvalue weighted by Crippen LogP contribution is 2.34. The first kappa shape index (κ1) is 21.4. The van der Waals surface area contributed by atoms with Crippen molar-refractivity contribution in [3.8, 4) is 5.75 Å². The summed E-state index contributed by atoms with van der Waals surface area (Å²) in [6.45, 7) is 5.42. The highest BCUT2D eigenvalue weighted by Gasteiger charge is 2.27. The van der Waals surface area contributed by atoms with E-state index in [0.717, 1.165) is 30.2 Å². The number of sulfonamides is 1. The Morgan fingerprint density at radius 3 is 2.48 bits per heavy atom. The maximum Gasteiger partial charge on any atom is 0.261 e. The molecule has 2 aromatic rings. The average Bonchev–Trinajstić information content (AvgIpc) is 2.65. The van der Waals surface area contributed by atoms with Crippen molar-refractivity contribution in [3.63, 3.8) is 0 Å². The minimum atomic E-state index is -3.77. The second-order valence-electron chi connectivity index (χ2n) is 7.52. The molecule has 6 nitrogen and oxygen atoms in total. The lowest BCUT2D eigenvalue weighted by molar-refractivity contribution is -0.109. The minimum absolute atomic E-state index is 0.0639. The number of ether oxygens (including phenoxy) is 1. The lowest BCUT2D eigenvalue weighted by atomic mass is 9.94. The summed E-state index contributed by atoms with van der Waals surface area (Å²) in [6, 6.07) is 11.0. The summed E-state index contributed by atoms with van der Waals surface area (Å²) < 4.78 is 33.9. The molecule has 0 saturated heterocycles. The van der Waals surface area contributed by atoms with Crippen LogP contribution in [0.4, 0.5) is 5.69 Å². The molecule has 1 aliphatic rings. The summed E-state index contributed by atoms with van der Waals surface area (Å²) in [7, 11) is -3.77. The van der Waals surface area contributed by atoms with Crippen LogP contribution in [0.3, 0.4) is 0 Å². The number of anilines is 1. The second kappa shape index (κ2) is 8.20. The van der Waals surface area contributed by atoms with Crippen molar-refractivity contribution in [3.05, 3.63) is 53.6 Å². The molecule has 0 atom stereocenters. The maximum absolute atomic E-state index is 12.8. The van der Waals surface area contributed by atoms with Crippen LogP contribution < -0.4 is 9.46 Å². The van der Waals surface area contributed by atoms with E-state index >= 15 is 0 Å². The molecule has 0 saturated carbocycles. The molecule has 154 valence electrons. The highest BCUT2D eigenvalue weighted by molar-refractivity contribution is 8.14. The van der Waals surface area contributed by atoms with E-state index in [9.17, 15) is 18.0 Å². The number of fused-ring (bicyclic) bond motifs is 1. The molecule has 1 N–H and O–H groups in total. The molecule has 29 heavy (non-hydrogen) atoms. The van der Waals surface area contributed by atoms with E-state index < -0.39 is 10.0 Å². The molecule has 1 heterocycles. The van der Waals surface area contributed by atoms with E-state index in [1.807, 2.05) is 13.8 Å². The van der Waals surface area contributed by atoms with Crippen LogP contribution in [0.1, 0.15) is 43.1 Å². The molecule has 0 bridgehead atoms. The lowest BCUT2D eigenvalue weighted by Gasteiger charge is -2.32. The fourth-order valence-corrected chi connectivity index (χ4v) is 4.60. The molecule has 0 spiro atoms. The molecule has 0 aliphatic carbocycles. The Labute approximate surface area is 175 Å². The van der Waals surface area contributed by atoms with Gasteiger partial charge < -0.3 is 4.74 Å². The zero-order chi connectivity index (χ0) is 21.2. The number of hydrogen-bond acceptors (Lipinski definition) is 6. The molecular formula is C21H23NO5S2. The summed E-state index contributed by atoms with van der Waals surface area (Å²) in [5, 5.41) is -0.123. The van der Waals surface area contributed by atoms with Gasteiger partial charge in [-0.25, -0.2) is 8.42 Å². The minimum Gasteiger partial charge on any atom is -0.488 e. The molecule has 0 radical (unpaired) electrons. The number of hydrogen-bond donors (Lipinski definition) is 1. The SMILES string of the molecule is CC(=O)SCC(=O)c1ccc(NS(=O)(=O)c2ccc3c(c2)CCC(C)(C)O3)cc1. The molecule has 1 aliphatic heterocycles. The van der Waals surface area contributed by atoms with Crippen molar-refractivity contribution in [2.45, 2.75) is 44.1 Å². The van der Waals surface area contributed by atoms with E-state index in [4.69, 9.17) is 4.74 Å². The first-order chi connectivity index (χ1) is 13.6. The first-order valence-electron chi connectivity index (χ1n) is 9.17. The number of nitrogens with one attached hydrogen (secondary N) is 1. The van der Waals surface area contributed by atoms with E-state index in [1.54, 1.807) is 24.3 Å². The van der Waals surface area contributed by atoms with Gasteiger partial charge in [-0.1, -0.05) is 11.8 Å². The Bertz CT molecular complexity index is 1040. The lowest BCUT2D eigenvalue weighted by Crippen LogP contribution is -2.32. The Balaban J connectivity index is 1.73. The van der Waals surface area contributed by atoms with Crippen molar-refractivity contribution in [2.24, 2.45) is 0 Å². The number of thioether (sulfide) groups is 1. The number of ketones is 1. The zero-order valence-electron chi connectivity index (χ0n) is 16.5. The quantitative estimate of drug-likeness (QED) is 0.691. The fourth-order valence-electron chi connectivity index (χ4n) is 2.99. The monoisotopic (exact) mass is 433 g/mol. The summed E-state index contributed by atoms with van der Waals surface area (Å²) in [5.41, 5.74) is 1.40. The number of rotatable bonds is 6. The molecule has 0 aromatic heterocycles. The largest absolute Gasteiger partial charge is 0.488 e. The van der Waals surface area contributed by atoms with E-state index in [-0.39, 0.29) is 27.1 Å². The average molecular weight is 434 g/mol. The molecule has 3 rings (SSSR count). The molecule has 0 amide bonds. The predicted molar refractivity (Wildman–Crippen MR) is 114 cm³/mol. The number of aryl methyl sites for hydroxylation is 1. The van der Waals surface area contributed by atoms with Gasteiger partial charge in [0.15, 0.2) is 10.9 Å². The Hall–Kier alpha value is -2.32. The van der Waals surface area contributed by atoms with E-state index in [0.29, 0.717) is 17.0 Å². The smallest absolute Gasteiger partial charge is 0.261 e. The molecular weight excluding hydrogens is 410 g/mol. The highest BCUT2D eigenvalue weighted by atomic mass is 32.2. The van der Waals surface area contributed by atoms with Crippen molar-refractivity contribution in [1.82, 2.24) is 0 Å². The van der Waals surface area contributed by atoms with Gasteiger partial charge in [0.05, 0.1) is 10.6 Å². The van der Waals surface area contributed by atoms with Gasteiger partial charge in [0.2, 0.25) is 0 Å². The first-order valence-corrected chi connectivity index (χ1v) is 11.6. The number of carbonyl (C=O) groups is 2. The third-order valence-electron chi connectivity index (χ3n) is 4.59. The fraction of sp³-hybridized carbons (Fsp3) is 0.333. The number of carbonyl (C=O) groups excluding carboxylic acids is 2. The molecule has 8 heteroatoms. The van der Waals surface area contributed by atoms with Crippen molar-refractivity contribution in [2.75, 3.05) is 10.5 Å². The van der Waals surface area contributed by atoms with Crippen LogP contribution in [0.25, 0.3) is 0 Å². The van der Waals surface area contributed by atoms with E-state index in [1.165, 1.54) is 25.1 Å². The van der Waals surface area contributed by atoms with Gasteiger partial charge in [0, 0.05) is 18.2 Å². The van der Waals surface area contributed by atoms with Crippen LogP contribution in [-0.2, 0) is 21.2 Å². The number of Topliss-reactive ketones (excluding diaryl/α,β-unsaturated/α-hetero) is 1. The topological polar surface area (TPSA) is 89.5 Å². The summed E-state index contributed by atoms with van der Waals surface area (Å²) in [6.07, 6.45) is 1.56. The third kappa shape index (κ3) is 5.39. The van der Waals surface area contributed by atoms with Crippen molar-refractivity contribution in [1.29, 1.82) is 0 Å². The third-order valence-corrected chi connectivity index (χ3v) is 6.78. The van der Waals surface area contributed by atoms with Crippen LogP contribution in [0, 0.1) is 0 Å². The summed E-state index contributed by atoms with van der Waals surface area (Å²) in [4.78, 5) is 23.2. The Morgan fingerprint density at radius 1 is 1.14 bits per heavy atom. The van der Waals surface area contributed by atoms with E-state index in [2.05, 4.69) is 4.72 Å². The van der Waals surface area contributed by atoms with Crippen LogP contribution in [0.5, 0.6) is 5.75 Å². The van der Waals surface area contributed by atoms with Crippen LogP contribution in [-0.4, -0.2) is 30.7 Å². The summed E-state index contributed by atoms with van der Waals surface area (Å²) >= 11 is 0.946. The van der Waals surface area contributed by atoms with Gasteiger partial charge in [-0.2, -0.15) is 0 Å². The zero-order valence-corrected chi connectivity index (χ0v) is 18.2. The standard InChI is InChI=1S/C21H23NO5S2/c1-14(23)28-13-19(24)15-4-6-17(7-5-15)22-29(25,26)18-8-9-20-16(12-18)10-11-21(2,3)27-20/h4-9,12,22H,10-11,13H2,1-3H3. The van der Waals surface area contributed by atoms with Crippen molar-refractivity contribution >= 4 is 38.4 Å². The normalized spacial score (nSPS) is 15.1. The van der Waals surface area contributed by atoms with Gasteiger partial charge in [0.1, 0.15) is 11.4 Å². The van der Waals surface area contributed by atoms with Crippen molar-refractivity contribution < 1.29 is 22.7 Å².